The number of rotatable bonds is 2. The molecule has 1 saturated heterocycles. The summed E-state index contributed by atoms with van der Waals surface area (Å²) in [5, 5.41) is 2.98. The molecule has 0 bridgehead atoms. The van der Waals surface area contributed by atoms with Gasteiger partial charge in [-0.15, -0.1) is 0 Å². The van der Waals surface area contributed by atoms with E-state index in [-0.39, 0.29) is 11.7 Å². The van der Waals surface area contributed by atoms with Gasteiger partial charge in [0.15, 0.2) is 5.78 Å². The zero-order valence-corrected chi connectivity index (χ0v) is 14.1. The van der Waals surface area contributed by atoms with Gasteiger partial charge in [-0.25, -0.2) is 0 Å². The average Bonchev–Trinajstić information content (AvgIpc) is 3.20. The predicted octanol–water partition coefficient (Wildman–Crippen LogP) is 3.58. The molecular weight excluding hydrogens is 322 g/mol. The number of nitrogens with one attached hydrogen (secondary N) is 1. The summed E-state index contributed by atoms with van der Waals surface area (Å²) in [6.07, 6.45) is 0. The van der Waals surface area contributed by atoms with Crippen LogP contribution in [0.25, 0.3) is 11.1 Å². The summed E-state index contributed by atoms with van der Waals surface area (Å²) in [5.74, 6) is -0.526. The highest BCUT2D eigenvalue weighted by Gasteiger charge is 2.59. The third-order valence-corrected chi connectivity index (χ3v) is 5.72. The van der Waals surface area contributed by atoms with E-state index < -0.39 is 11.3 Å². The van der Waals surface area contributed by atoms with Crippen LogP contribution in [0.2, 0.25) is 0 Å². The summed E-state index contributed by atoms with van der Waals surface area (Å²) in [7, 11) is 0. The van der Waals surface area contributed by atoms with Crippen molar-refractivity contribution in [2.45, 2.75) is 5.41 Å². The number of hydrogen-bond donors (Lipinski definition) is 1. The standard InChI is InChI=1S/C23H17NO2/c25-21(15-8-2-1-3-9-15)20-14-24-22(26)23(20)18-12-6-4-10-16(18)17-11-5-7-13-19(17)23/h1-13,20H,14H2,(H,24,26)/t20-/m0/s1. The third kappa shape index (κ3) is 1.77. The molecule has 3 heteroatoms. The number of ketones is 1. The number of amides is 1. The fourth-order valence-electron chi connectivity index (χ4n) is 4.63. The number of Topliss-reactive ketones (excluding diaryl/α,β-unsaturated/α-hetero) is 1. The number of carbonyl (C=O) groups excluding carboxylic acids is 2. The Labute approximate surface area is 151 Å². The van der Waals surface area contributed by atoms with Gasteiger partial charge in [-0.2, -0.15) is 0 Å². The van der Waals surface area contributed by atoms with Gasteiger partial charge in [0, 0.05) is 12.1 Å². The molecule has 1 heterocycles. The van der Waals surface area contributed by atoms with Gasteiger partial charge in [-0.05, 0) is 22.3 Å². The van der Waals surface area contributed by atoms with Crippen molar-refractivity contribution in [3.05, 3.63) is 95.6 Å². The topological polar surface area (TPSA) is 46.2 Å². The number of carbonyl (C=O) groups is 2. The van der Waals surface area contributed by atoms with Crippen LogP contribution in [-0.4, -0.2) is 18.2 Å². The number of fused-ring (bicyclic) bond motifs is 5. The molecule has 1 aliphatic heterocycles. The van der Waals surface area contributed by atoms with E-state index in [1.807, 2.05) is 78.9 Å². The minimum absolute atomic E-state index is 0.00968. The monoisotopic (exact) mass is 339 g/mol. The Morgan fingerprint density at radius 3 is 1.96 bits per heavy atom. The summed E-state index contributed by atoms with van der Waals surface area (Å²) < 4.78 is 0. The maximum atomic E-state index is 13.4. The van der Waals surface area contributed by atoms with Gasteiger partial charge in [0.1, 0.15) is 5.41 Å². The van der Waals surface area contributed by atoms with Crippen molar-refractivity contribution in [1.29, 1.82) is 0 Å². The lowest BCUT2D eigenvalue weighted by atomic mass is 9.67. The molecule has 3 aromatic rings. The number of hydrogen-bond acceptors (Lipinski definition) is 2. The lowest BCUT2D eigenvalue weighted by Gasteiger charge is -2.29. The summed E-state index contributed by atoms with van der Waals surface area (Å²) in [4.78, 5) is 26.6. The van der Waals surface area contributed by atoms with Gasteiger partial charge in [-0.3, -0.25) is 9.59 Å². The van der Waals surface area contributed by atoms with E-state index in [1.165, 1.54) is 0 Å². The Hall–Kier alpha value is -3.20. The van der Waals surface area contributed by atoms with E-state index in [0.29, 0.717) is 12.1 Å². The minimum Gasteiger partial charge on any atom is -0.354 e. The van der Waals surface area contributed by atoms with E-state index in [0.717, 1.165) is 22.3 Å². The highest BCUT2D eigenvalue weighted by atomic mass is 16.2. The molecule has 2 aliphatic rings. The van der Waals surface area contributed by atoms with Crippen LogP contribution < -0.4 is 5.32 Å². The van der Waals surface area contributed by atoms with Crippen LogP contribution in [-0.2, 0) is 10.2 Å². The molecule has 0 aromatic heterocycles. The van der Waals surface area contributed by atoms with E-state index >= 15 is 0 Å². The summed E-state index contributed by atoms with van der Waals surface area (Å²) in [6.45, 7) is 0.356. The van der Waals surface area contributed by atoms with E-state index in [9.17, 15) is 9.59 Å². The largest absolute Gasteiger partial charge is 0.354 e. The average molecular weight is 339 g/mol. The molecule has 0 radical (unpaired) electrons. The second-order valence-corrected chi connectivity index (χ2v) is 6.89. The molecule has 3 aromatic carbocycles. The summed E-state index contributed by atoms with van der Waals surface area (Å²) in [5.41, 5.74) is 3.67. The van der Waals surface area contributed by atoms with Crippen LogP contribution in [0.15, 0.2) is 78.9 Å². The first-order valence-corrected chi connectivity index (χ1v) is 8.81. The van der Waals surface area contributed by atoms with Crippen LogP contribution in [0.1, 0.15) is 21.5 Å². The van der Waals surface area contributed by atoms with Gasteiger partial charge in [0.2, 0.25) is 5.91 Å². The highest BCUT2D eigenvalue weighted by Crippen LogP contribution is 2.55. The Kier molecular flexibility index (Phi) is 3.13. The molecule has 26 heavy (non-hydrogen) atoms. The fourth-order valence-corrected chi connectivity index (χ4v) is 4.63. The van der Waals surface area contributed by atoms with Crippen LogP contribution in [0, 0.1) is 5.92 Å². The molecule has 126 valence electrons. The lowest BCUT2D eigenvalue weighted by molar-refractivity contribution is -0.123. The molecule has 1 atom stereocenters. The van der Waals surface area contributed by atoms with Crippen molar-refractivity contribution in [1.82, 2.24) is 5.32 Å². The first-order valence-electron chi connectivity index (χ1n) is 8.81. The van der Waals surface area contributed by atoms with Crippen molar-refractivity contribution < 1.29 is 9.59 Å². The van der Waals surface area contributed by atoms with Gasteiger partial charge < -0.3 is 5.32 Å². The van der Waals surface area contributed by atoms with Gasteiger partial charge in [-0.1, -0.05) is 78.9 Å². The SMILES string of the molecule is O=C(c1ccccc1)[C@@H]1CNC(=O)C12c1ccccc1-c1ccccc12. The zero-order valence-electron chi connectivity index (χ0n) is 14.1. The lowest BCUT2D eigenvalue weighted by Crippen LogP contribution is -2.42. The van der Waals surface area contributed by atoms with Crippen LogP contribution in [0.3, 0.4) is 0 Å². The molecule has 1 fully saturated rings. The molecule has 1 amide bonds. The zero-order chi connectivity index (χ0) is 17.7. The second kappa shape index (κ2) is 5.40. The first-order chi connectivity index (χ1) is 12.7. The normalized spacial score (nSPS) is 19.1. The molecule has 5 rings (SSSR count). The fraction of sp³-hybridized carbons (Fsp3) is 0.130. The molecule has 0 saturated carbocycles. The summed E-state index contributed by atoms with van der Waals surface area (Å²) in [6, 6.07) is 25.2. The minimum atomic E-state index is -0.944. The van der Waals surface area contributed by atoms with Crippen molar-refractivity contribution in [3.63, 3.8) is 0 Å². The molecule has 0 unspecified atom stereocenters. The Balaban J connectivity index is 1.78. The third-order valence-electron chi connectivity index (χ3n) is 5.72. The Bertz CT molecular complexity index is 993. The summed E-state index contributed by atoms with van der Waals surface area (Å²) >= 11 is 0. The van der Waals surface area contributed by atoms with Crippen LogP contribution >= 0.6 is 0 Å². The molecular formula is C23H17NO2. The van der Waals surface area contributed by atoms with Crippen molar-refractivity contribution >= 4 is 11.7 Å². The molecule has 1 N–H and O–H groups in total. The highest BCUT2D eigenvalue weighted by molar-refractivity contribution is 6.11. The Morgan fingerprint density at radius 2 is 1.35 bits per heavy atom. The quantitative estimate of drug-likeness (QED) is 0.726. The molecule has 1 aliphatic carbocycles. The van der Waals surface area contributed by atoms with E-state index in [2.05, 4.69) is 5.32 Å². The smallest absolute Gasteiger partial charge is 0.236 e. The van der Waals surface area contributed by atoms with Crippen molar-refractivity contribution in [2.24, 2.45) is 5.92 Å². The van der Waals surface area contributed by atoms with Gasteiger partial charge >= 0.3 is 0 Å². The van der Waals surface area contributed by atoms with Crippen molar-refractivity contribution in [3.8, 4) is 11.1 Å². The maximum Gasteiger partial charge on any atom is 0.236 e. The second-order valence-electron chi connectivity index (χ2n) is 6.89. The number of benzene rings is 3. The van der Waals surface area contributed by atoms with E-state index in [1.54, 1.807) is 0 Å². The van der Waals surface area contributed by atoms with Crippen molar-refractivity contribution in [2.75, 3.05) is 6.54 Å². The van der Waals surface area contributed by atoms with Gasteiger partial charge in [0.05, 0.1) is 5.92 Å². The van der Waals surface area contributed by atoms with Crippen LogP contribution in [0.5, 0.6) is 0 Å². The predicted molar refractivity (Wildman–Crippen MR) is 99.9 cm³/mol. The molecule has 3 nitrogen and oxygen atoms in total. The molecule has 1 spiro atoms. The van der Waals surface area contributed by atoms with Gasteiger partial charge in [0.25, 0.3) is 0 Å². The van der Waals surface area contributed by atoms with E-state index in [4.69, 9.17) is 0 Å². The van der Waals surface area contributed by atoms with Crippen LogP contribution in [0.4, 0.5) is 0 Å². The maximum absolute atomic E-state index is 13.4. The Morgan fingerprint density at radius 1 is 0.808 bits per heavy atom. The first kappa shape index (κ1) is 15.1.